The molecule has 0 radical (unpaired) electrons. The van der Waals surface area contributed by atoms with Gasteiger partial charge in [0.2, 0.25) is 0 Å². The Morgan fingerprint density at radius 1 is 1.11 bits per heavy atom. The van der Waals surface area contributed by atoms with Gasteiger partial charge < -0.3 is 5.11 Å². The fourth-order valence-electron chi connectivity index (χ4n) is 4.27. The molecule has 2 bridgehead atoms. The molecular weight excluding hydrogens is 224 g/mol. The third kappa shape index (κ3) is 2.62. The normalized spacial score (nSPS) is 36.2. The Kier molecular flexibility index (Phi) is 4.14. The van der Waals surface area contributed by atoms with Gasteiger partial charge in [0.05, 0.1) is 0 Å². The highest BCUT2D eigenvalue weighted by Gasteiger charge is 2.48. The highest BCUT2D eigenvalue weighted by molar-refractivity contribution is 5.86. The highest BCUT2D eigenvalue weighted by atomic mass is 16.4. The van der Waals surface area contributed by atoms with Crippen LogP contribution in [0, 0.1) is 29.6 Å². The number of carboxylic acids is 1. The second-order valence-corrected chi connectivity index (χ2v) is 6.58. The lowest BCUT2D eigenvalue weighted by Gasteiger charge is -2.23. The minimum Gasteiger partial charge on any atom is -0.478 e. The molecule has 3 aliphatic carbocycles. The van der Waals surface area contributed by atoms with Crippen molar-refractivity contribution in [3.63, 3.8) is 0 Å². The average molecular weight is 250 g/mol. The molecule has 2 heteroatoms. The molecule has 0 aromatic heterocycles. The molecule has 3 aliphatic rings. The van der Waals surface area contributed by atoms with Crippen molar-refractivity contribution in [2.45, 2.75) is 52.4 Å². The Morgan fingerprint density at radius 3 is 1.94 bits per heavy atom. The van der Waals surface area contributed by atoms with E-state index in [0.29, 0.717) is 0 Å². The lowest BCUT2D eigenvalue weighted by atomic mass is 9.82. The summed E-state index contributed by atoms with van der Waals surface area (Å²) in [6, 6.07) is 0. The van der Waals surface area contributed by atoms with E-state index >= 15 is 0 Å². The van der Waals surface area contributed by atoms with Crippen molar-refractivity contribution in [1.29, 1.82) is 0 Å². The van der Waals surface area contributed by atoms with Crippen molar-refractivity contribution >= 4 is 5.97 Å². The summed E-state index contributed by atoms with van der Waals surface area (Å²) in [5, 5.41) is 8.25. The van der Waals surface area contributed by atoms with Crippen LogP contribution in [0.4, 0.5) is 0 Å². The Hall–Kier alpha value is -0.790. The van der Waals surface area contributed by atoms with Crippen LogP contribution >= 0.6 is 0 Å². The van der Waals surface area contributed by atoms with Crippen LogP contribution in [0.2, 0.25) is 0 Å². The van der Waals surface area contributed by atoms with Gasteiger partial charge in [0.1, 0.15) is 0 Å². The zero-order chi connectivity index (χ0) is 13.3. The molecule has 102 valence electrons. The maximum atomic E-state index is 10.0. The number of carbonyl (C=O) groups is 1. The molecule has 3 rings (SSSR count). The van der Waals surface area contributed by atoms with Gasteiger partial charge in [0, 0.05) is 5.57 Å². The minimum absolute atomic E-state index is 0.0486. The first-order valence-electron chi connectivity index (χ1n) is 7.42. The fraction of sp³-hybridized carbons (Fsp3) is 0.812. The van der Waals surface area contributed by atoms with E-state index in [4.69, 9.17) is 5.11 Å². The van der Waals surface area contributed by atoms with Crippen molar-refractivity contribution in [3.8, 4) is 0 Å². The molecule has 0 aromatic carbocycles. The second-order valence-electron chi connectivity index (χ2n) is 6.58. The summed E-state index contributed by atoms with van der Waals surface area (Å²) >= 11 is 0. The van der Waals surface area contributed by atoms with E-state index in [1.165, 1.54) is 23.7 Å². The molecule has 0 aliphatic heterocycles. The number of fused-ring (bicyclic) bond motifs is 5. The zero-order valence-corrected chi connectivity index (χ0v) is 11.7. The lowest BCUT2D eigenvalue weighted by Crippen LogP contribution is -2.15. The van der Waals surface area contributed by atoms with Crippen LogP contribution in [0.3, 0.4) is 0 Å². The molecule has 0 aromatic rings. The Morgan fingerprint density at radius 2 is 1.61 bits per heavy atom. The topological polar surface area (TPSA) is 37.3 Å². The quantitative estimate of drug-likeness (QED) is 0.749. The van der Waals surface area contributed by atoms with Gasteiger partial charge in [-0.3, -0.25) is 0 Å². The smallest absolute Gasteiger partial charge is 0.331 e. The van der Waals surface area contributed by atoms with Gasteiger partial charge >= 0.3 is 5.97 Å². The van der Waals surface area contributed by atoms with Gasteiger partial charge in [-0.1, -0.05) is 26.8 Å². The molecule has 1 N–H and O–H groups in total. The molecule has 2 nitrogen and oxygen atoms in total. The van der Waals surface area contributed by atoms with Gasteiger partial charge in [-0.05, 0) is 61.7 Å². The predicted octanol–water partition coefficient (Wildman–Crippen LogP) is 4.12. The standard InChI is InChI=1S/C10H16.C6H10O2/c1-2-9-7-4-5-8(6-7)10(9)3-1;1-4(2)5(3)6(7)8/h7-10H,1-6H2;4H,3H2,1-2H3,(H,7,8). The molecule has 0 saturated heterocycles. The molecule has 3 saturated carbocycles. The van der Waals surface area contributed by atoms with Crippen LogP contribution in [0.15, 0.2) is 12.2 Å². The van der Waals surface area contributed by atoms with E-state index < -0.39 is 5.97 Å². The number of carboxylic acid groups (broad SMARTS) is 1. The second kappa shape index (κ2) is 5.46. The van der Waals surface area contributed by atoms with Crippen molar-refractivity contribution in [2.24, 2.45) is 29.6 Å². The molecule has 18 heavy (non-hydrogen) atoms. The van der Waals surface area contributed by atoms with Crippen molar-refractivity contribution in [1.82, 2.24) is 0 Å². The Bertz CT molecular complexity index is 316. The summed E-state index contributed by atoms with van der Waals surface area (Å²) in [6.45, 7) is 6.96. The summed E-state index contributed by atoms with van der Waals surface area (Å²) in [7, 11) is 0. The van der Waals surface area contributed by atoms with E-state index in [-0.39, 0.29) is 11.5 Å². The third-order valence-corrected chi connectivity index (χ3v) is 5.32. The molecule has 0 spiro atoms. The molecule has 0 heterocycles. The van der Waals surface area contributed by atoms with Crippen LogP contribution in [0.5, 0.6) is 0 Å². The largest absolute Gasteiger partial charge is 0.478 e. The first-order valence-corrected chi connectivity index (χ1v) is 7.42. The van der Waals surface area contributed by atoms with Crippen LogP contribution in [0.25, 0.3) is 0 Å². The summed E-state index contributed by atoms with van der Waals surface area (Å²) in [6.07, 6.45) is 9.53. The number of rotatable bonds is 2. The number of aliphatic carboxylic acids is 1. The first kappa shape index (κ1) is 13.6. The fourth-order valence-corrected chi connectivity index (χ4v) is 4.27. The lowest BCUT2D eigenvalue weighted by molar-refractivity contribution is -0.133. The summed E-state index contributed by atoms with van der Waals surface area (Å²) < 4.78 is 0. The van der Waals surface area contributed by atoms with Crippen LogP contribution in [0.1, 0.15) is 52.4 Å². The summed E-state index contributed by atoms with van der Waals surface area (Å²) in [5.74, 6) is 3.94. The maximum absolute atomic E-state index is 10.0. The van der Waals surface area contributed by atoms with E-state index in [1.54, 1.807) is 52.4 Å². The van der Waals surface area contributed by atoms with E-state index in [9.17, 15) is 4.79 Å². The molecule has 4 unspecified atom stereocenters. The predicted molar refractivity (Wildman–Crippen MR) is 73.3 cm³/mol. The van der Waals surface area contributed by atoms with Crippen LogP contribution in [-0.2, 0) is 4.79 Å². The van der Waals surface area contributed by atoms with Crippen molar-refractivity contribution in [3.05, 3.63) is 12.2 Å². The van der Waals surface area contributed by atoms with E-state index in [2.05, 4.69) is 6.58 Å². The highest BCUT2D eigenvalue weighted by Crippen LogP contribution is 2.58. The maximum Gasteiger partial charge on any atom is 0.331 e. The first-order chi connectivity index (χ1) is 8.50. The molecule has 3 fully saturated rings. The summed E-state index contributed by atoms with van der Waals surface area (Å²) in [4.78, 5) is 10.0. The van der Waals surface area contributed by atoms with E-state index in [1.807, 2.05) is 0 Å². The third-order valence-electron chi connectivity index (χ3n) is 5.32. The van der Waals surface area contributed by atoms with Crippen molar-refractivity contribution in [2.75, 3.05) is 0 Å². The Balaban J connectivity index is 0.000000139. The van der Waals surface area contributed by atoms with Gasteiger partial charge in [-0.25, -0.2) is 4.79 Å². The Labute approximate surface area is 110 Å². The van der Waals surface area contributed by atoms with Gasteiger partial charge in [-0.2, -0.15) is 0 Å². The monoisotopic (exact) mass is 250 g/mol. The number of hydrogen-bond donors (Lipinski definition) is 1. The van der Waals surface area contributed by atoms with Crippen molar-refractivity contribution < 1.29 is 9.90 Å². The average Bonchev–Trinajstić information content (AvgIpc) is 3.01. The summed E-state index contributed by atoms with van der Waals surface area (Å²) in [5.41, 5.74) is 0.269. The minimum atomic E-state index is -0.903. The molecule has 0 amide bonds. The SMILES string of the molecule is C1CC2C3CCC(C3)C2C1.C=C(C(=O)O)C(C)C. The van der Waals surface area contributed by atoms with E-state index in [0.717, 1.165) is 0 Å². The molecule has 4 atom stereocenters. The van der Waals surface area contributed by atoms with Crippen LogP contribution < -0.4 is 0 Å². The van der Waals surface area contributed by atoms with Crippen LogP contribution in [-0.4, -0.2) is 11.1 Å². The van der Waals surface area contributed by atoms with Gasteiger partial charge in [0.15, 0.2) is 0 Å². The van der Waals surface area contributed by atoms with Gasteiger partial charge in [-0.15, -0.1) is 0 Å². The molecular formula is C16H26O2. The zero-order valence-electron chi connectivity index (χ0n) is 11.7. The number of hydrogen-bond acceptors (Lipinski definition) is 1. The van der Waals surface area contributed by atoms with Gasteiger partial charge in [0.25, 0.3) is 0 Å².